The highest BCUT2D eigenvalue weighted by Crippen LogP contribution is 2.08. The minimum absolute atomic E-state index is 0. The van der Waals surface area contributed by atoms with Crippen LogP contribution in [0.4, 0.5) is 0 Å². The van der Waals surface area contributed by atoms with Gasteiger partial charge in [0.05, 0.1) is 6.04 Å². The fourth-order valence-electron chi connectivity index (χ4n) is 1.85. The number of hydrogen-bond donors (Lipinski definition) is 2. The first-order chi connectivity index (χ1) is 6.27. The molecule has 0 aromatic carbocycles. The van der Waals surface area contributed by atoms with Crippen molar-refractivity contribution in [3.05, 3.63) is 0 Å². The monoisotopic (exact) mass is 219 g/mol. The zero-order valence-corrected chi connectivity index (χ0v) is 9.27. The van der Waals surface area contributed by atoms with E-state index in [-0.39, 0.29) is 18.4 Å². The lowest BCUT2D eigenvalue weighted by Crippen LogP contribution is -2.59. The molecule has 1 amide bonds. The van der Waals surface area contributed by atoms with Gasteiger partial charge < -0.3 is 15.5 Å². The average Bonchev–Trinajstić information content (AvgIpc) is 2.01. The zero-order chi connectivity index (χ0) is 9.26. The van der Waals surface area contributed by atoms with E-state index in [0.29, 0.717) is 11.9 Å². The van der Waals surface area contributed by atoms with E-state index in [1.165, 1.54) is 0 Å². The zero-order valence-electron chi connectivity index (χ0n) is 8.45. The molecule has 2 heterocycles. The minimum atomic E-state index is 0. The van der Waals surface area contributed by atoms with Crippen LogP contribution in [0.5, 0.6) is 0 Å². The number of hydrogen-bond acceptors (Lipinski definition) is 3. The third-order valence-corrected chi connectivity index (χ3v) is 2.80. The van der Waals surface area contributed by atoms with Crippen LogP contribution in [-0.2, 0) is 4.79 Å². The fraction of sp³-hybridized carbons (Fsp3) is 0.889. The summed E-state index contributed by atoms with van der Waals surface area (Å²) in [5.74, 6) is 0.291. The summed E-state index contributed by atoms with van der Waals surface area (Å²) in [5, 5.41) is 6.47. The predicted octanol–water partition coefficient (Wildman–Crippen LogP) is -0.410. The van der Waals surface area contributed by atoms with Crippen molar-refractivity contribution in [2.45, 2.75) is 25.4 Å². The molecule has 0 saturated carbocycles. The molecule has 0 aromatic rings. The molecule has 2 aliphatic heterocycles. The van der Waals surface area contributed by atoms with Crippen LogP contribution in [0.25, 0.3) is 0 Å². The first-order valence-electron chi connectivity index (χ1n) is 5.03. The second-order valence-electron chi connectivity index (χ2n) is 3.93. The minimum Gasteiger partial charge on any atom is -0.339 e. The summed E-state index contributed by atoms with van der Waals surface area (Å²) in [5.41, 5.74) is 0. The van der Waals surface area contributed by atoms with Crippen LogP contribution in [0.3, 0.4) is 0 Å². The SMILES string of the molecule is C[C@H]1CN(C(=O)[C@H]2CCN2)CCN1.Cl. The van der Waals surface area contributed by atoms with Crippen molar-refractivity contribution in [2.75, 3.05) is 26.2 Å². The lowest BCUT2D eigenvalue weighted by Gasteiger charge is -2.37. The number of piperazine rings is 1. The van der Waals surface area contributed by atoms with Crippen LogP contribution in [0.1, 0.15) is 13.3 Å². The third-order valence-electron chi connectivity index (χ3n) is 2.80. The molecule has 2 aliphatic rings. The highest BCUT2D eigenvalue weighted by atomic mass is 35.5. The first-order valence-corrected chi connectivity index (χ1v) is 5.03. The summed E-state index contributed by atoms with van der Waals surface area (Å²) < 4.78 is 0. The Labute approximate surface area is 90.8 Å². The third kappa shape index (κ3) is 2.38. The second-order valence-corrected chi connectivity index (χ2v) is 3.93. The molecule has 14 heavy (non-hydrogen) atoms. The van der Waals surface area contributed by atoms with Gasteiger partial charge in [0.15, 0.2) is 0 Å². The molecule has 2 saturated heterocycles. The summed E-state index contributed by atoms with van der Waals surface area (Å²) in [6.45, 7) is 5.77. The van der Waals surface area contributed by atoms with E-state index in [9.17, 15) is 4.79 Å². The summed E-state index contributed by atoms with van der Waals surface area (Å²) in [7, 11) is 0. The molecule has 2 N–H and O–H groups in total. The summed E-state index contributed by atoms with van der Waals surface area (Å²) in [6.07, 6.45) is 1.01. The van der Waals surface area contributed by atoms with Gasteiger partial charge in [-0.05, 0) is 19.9 Å². The molecule has 4 nitrogen and oxygen atoms in total. The Morgan fingerprint density at radius 2 is 2.07 bits per heavy atom. The number of carbonyl (C=O) groups excluding carboxylic acids is 1. The number of amides is 1. The number of nitrogens with one attached hydrogen (secondary N) is 2. The van der Waals surface area contributed by atoms with Gasteiger partial charge in [-0.3, -0.25) is 4.79 Å². The van der Waals surface area contributed by atoms with Crippen LogP contribution in [-0.4, -0.2) is 49.1 Å². The van der Waals surface area contributed by atoms with Crippen LogP contribution >= 0.6 is 12.4 Å². The Balaban J connectivity index is 0.000000980. The fourth-order valence-corrected chi connectivity index (χ4v) is 1.85. The molecule has 0 radical (unpaired) electrons. The topological polar surface area (TPSA) is 44.4 Å². The first kappa shape index (κ1) is 11.8. The van der Waals surface area contributed by atoms with Crippen molar-refractivity contribution in [3.63, 3.8) is 0 Å². The molecular formula is C9H18ClN3O. The molecule has 0 aliphatic carbocycles. The summed E-state index contributed by atoms with van der Waals surface area (Å²) >= 11 is 0. The molecule has 82 valence electrons. The van der Waals surface area contributed by atoms with E-state index in [2.05, 4.69) is 17.6 Å². The maximum atomic E-state index is 11.8. The number of carbonyl (C=O) groups is 1. The molecule has 0 bridgehead atoms. The quantitative estimate of drug-likeness (QED) is 0.631. The van der Waals surface area contributed by atoms with Crippen LogP contribution in [0.15, 0.2) is 0 Å². The number of nitrogens with zero attached hydrogens (tertiary/aromatic N) is 1. The molecular weight excluding hydrogens is 202 g/mol. The number of halogens is 1. The molecule has 0 aromatic heterocycles. The van der Waals surface area contributed by atoms with Crippen LogP contribution in [0, 0.1) is 0 Å². The van der Waals surface area contributed by atoms with Gasteiger partial charge in [-0.1, -0.05) is 0 Å². The maximum absolute atomic E-state index is 11.8. The molecule has 5 heteroatoms. The largest absolute Gasteiger partial charge is 0.339 e. The molecule has 2 rings (SSSR count). The summed E-state index contributed by atoms with van der Waals surface area (Å²) in [6, 6.07) is 0.558. The smallest absolute Gasteiger partial charge is 0.239 e. The van der Waals surface area contributed by atoms with E-state index >= 15 is 0 Å². The molecule has 2 atom stereocenters. The van der Waals surface area contributed by atoms with Gasteiger partial charge in [0.25, 0.3) is 0 Å². The van der Waals surface area contributed by atoms with E-state index in [1.807, 2.05) is 4.90 Å². The average molecular weight is 220 g/mol. The van der Waals surface area contributed by atoms with E-state index in [1.54, 1.807) is 0 Å². The second kappa shape index (κ2) is 4.96. The van der Waals surface area contributed by atoms with Crippen LogP contribution < -0.4 is 10.6 Å². The van der Waals surface area contributed by atoms with Crippen molar-refractivity contribution in [1.29, 1.82) is 0 Å². The Hall–Kier alpha value is -0.320. The van der Waals surface area contributed by atoms with E-state index < -0.39 is 0 Å². The Bertz CT molecular complexity index is 208. The lowest BCUT2D eigenvalue weighted by atomic mass is 10.1. The normalized spacial score (nSPS) is 31.6. The highest BCUT2D eigenvalue weighted by molar-refractivity contribution is 5.85. The van der Waals surface area contributed by atoms with Gasteiger partial charge in [-0.25, -0.2) is 0 Å². The van der Waals surface area contributed by atoms with E-state index in [0.717, 1.165) is 32.6 Å². The van der Waals surface area contributed by atoms with Crippen molar-refractivity contribution in [2.24, 2.45) is 0 Å². The van der Waals surface area contributed by atoms with Gasteiger partial charge >= 0.3 is 0 Å². The molecule has 0 unspecified atom stereocenters. The van der Waals surface area contributed by atoms with Crippen molar-refractivity contribution < 1.29 is 4.79 Å². The standard InChI is InChI=1S/C9H17N3O.ClH/c1-7-6-12(5-4-10-7)9(13)8-2-3-11-8;/h7-8,10-11H,2-6H2,1H3;1H/t7-,8+;/m0./s1. The Kier molecular flexibility index (Phi) is 4.16. The lowest BCUT2D eigenvalue weighted by molar-refractivity contribution is -0.136. The summed E-state index contributed by atoms with van der Waals surface area (Å²) in [4.78, 5) is 13.7. The molecule has 2 fully saturated rings. The van der Waals surface area contributed by atoms with Gasteiger partial charge in [0.2, 0.25) is 5.91 Å². The van der Waals surface area contributed by atoms with Gasteiger partial charge in [0, 0.05) is 25.7 Å². The van der Waals surface area contributed by atoms with E-state index in [4.69, 9.17) is 0 Å². The van der Waals surface area contributed by atoms with Crippen molar-refractivity contribution in [3.8, 4) is 0 Å². The van der Waals surface area contributed by atoms with Crippen LogP contribution in [0.2, 0.25) is 0 Å². The predicted molar refractivity (Wildman–Crippen MR) is 57.7 cm³/mol. The number of rotatable bonds is 1. The molecule has 0 spiro atoms. The maximum Gasteiger partial charge on any atom is 0.239 e. The van der Waals surface area contributed by atoms with Gasteiger partial charge in [-0.15, -0.1) is 12.4 Å². The van der Waals surface area contributed by atoms with Gasteiger partial charge in [0.1, 0.15) is 0 Å². The van der Waals surface area contributed by atoms with Crippen molar-refractivity contribution in [1.82, 2.24) is 15.5 Å². The highest BCUT2D eigenvalue weighted by Gasteiger charge is 2.30. The van der Waals surface area contributed by atoms with Gasteiger partial charge in [-0.2, -0.15) is 0 Å². The Morgan fingerprint density at radius 1 is 1.36 bits per heavy atom. The Morgan fingerprint density at radius 3 is 2.57 bits per heavy atom. The van der Waals surface area contributed by atoms with Crippen molar-refractivity contribution >= 4 is 18.3 Å².